The van der Waals surface area contributed by atoms with E-state index in [9.17, 15) is 10.1 Å². The fourth-order valence-corrected chi connectivity index (χ4v) is 17.5. The summed E-state index contributed by atoms with van der Waals surface area (Å²) in [6.07, 6.45) is -0.0113. The number of hydrogen-bond donors (Lipinski definition) is 0. The molecule has 0 saturated carbocycles. The molecule has 4 atom stereocenters. The summed E-state index contributed by atoms with van der Waals surface area (Å²) in [5, 5.41) is 15.5. The first kappa shape index (κ1) is 33.7. The lowest BCUT2D eigenvalue weighted by atomic mass is 9.92. The van der Waals surface area contributed by atoms with Gasteiger partial charge in [-0.25, -0.2) is 14.5 Å². The molecule has 0 N–H and O–H groups in total. The van der Waals surface area contributed by atoms with Crippen LogP contribution >= 0.6 is 0 Å². The SMILES string of the molecule is [2H]c1cc([C@]2(C#N)O[C@@H]3CO[Si](C(C)C)(C(C)C)O[Si](C(C)C)(C(C)C)O[C@H]3[C@H]2OC(=O)C(C)C)n2ncnc(N=CN(C)C)c12. The first-order valence-corrected chi connectivity index (χ1v) is 19.8. The van der Waals surface area contributed by atoms with Gasteiger partial charge >= 0.3 is 23.1 Å². The van der Waals surface area contributed by atoms with E-state index in [1.54, 1.807) is 25.1 Å². The van der Waals surface area contributed by atoms with Crippen LogP contribution < -0.4 is 0 Å². The monoisotopic (exact) mass is 659 g/mol. The highest BCUT2D eigenvalue weighted by Gasteiger charge is 2.67. The zero-order chi connectivity index (χ0) is 34.4. The van der Waals surface area contributed by atoms with E-state index < -0.39 is 52.9 Å². The molecule has 4 heterocycles. The molecule has 0 aliphatic carbocycles. The second kappa shape index (κ2) is 13.2. The highest BCUT2D eigenvalue weighted by Crippen LogP contribution is 2.51. The van der Waals surface area contributed by atoms with Crippen LogP contribution in [0, 0.1) is 17.2 Å². The Balaban J connectivity index is 1.99. The van der Waals surface area contributed by atoms with E-state index in [1.807, 2.05) is 14.1 Å². The topological polar surface area (TPSA) is 133 Å². The lowest BCUT2D eigenvalue weighted by Gasteiger charge is -2.51. The lowest BCUT2D eigenvalue weighted by Crippen LogP contribution is -2.66. The van der Waals surface area contributed by atoms with Gasteiger partial charge in [0.25, 0.3) is 0 Å². The molecule has 2 fully saturated rings. The Hall–Kier alpha value is -2.68. The number of ether oxygens (including phenoxy) is 2. The van der Waals surface area contributed by atoms with Gasteiger partial charge in [-0.2, -0.15) is 10.4 Å². The molecule has 0 aromatic carbocycles. The van der Waals surface area contributed by atoms with Crippen LogP contribution in [0.2, 0.25) is 22.2 Å². The Kier molecular flexibility index (Phi) is 9.89. The van der Waals surface area contributed by atoms with Crippen LogP contribution in [-0.4, -0.2) is 87.9 Å². The molecule has 0 bridgehead atoms. The van der Waals surface area contributed by atoms with Gasteiger partial charge in [0.05, 0.1) is 25.9 Å². The molecule has 0 unspecified atom stereocenters. The van der Waals surface area contributed by atoms with Gasteiger partial charge < -0.3 is 27.3 Å². The molecular formula is C31H50N6O6Si2. The number of aliphatic imine (C=N–C) groups is 1. The van der Waals surface area contributed by atoms with Crippen LogP contribution in [0.3, 0.4) is 0 Å². The van der Waals surface area contributed by atoms with Gasteiger partial charge in [-0.1, -0.05) is 69.2 Å². The van der Waals surface area contributed by atoms with Crippen LogP contribution in [0.4, 0.5) is 5.82 Å². The molecule has 0 amide bonds. The summed E-state index contributed by atoms with van der Waals surface area (Å²) in [7, 11) is -2.46. The zero-order valence-corrected chi connectivity index (χ0v) is 30.7. The van der Waals surface area contributed by atoms with Gasteiger partial charge in [0.1, 0.15) is 30.1 Å². The van der Waals surface area contributed by atoms with Crippen molar-refractivity contribution in [3.63, 3.8) is 0 Å². The van der Waals surface area contributed by atoms with Gasteiger partial charge in [0.2, 0.25) is 5.60 Å². The van der Waals surface area contributed by atoms with E-state index in [0.717, 1.165) is 0 Å². The zero-order valence-electron chi connectivity index (χ0n) is 29.7. The summed E-state index contributed by atoms with van der Waals surface area (Å²) < 4.78 is 44.8. The van der Waals surface area contributed by atoms with Crippen LogP contribution in [0.1, 0.15) is 76.3 Å². The predicted octanol–water partition coefficient (Wildman–Crippen LogP) is 5.59. The number of nitrogens with zero attached hydrogens (tertiary/aromatic N) is 6. The number of hydrogen-bond acceptors (Lipinski definition) is 10. The van der Waals surface area contributed by atoms with Crippen molar-refractivity contribution in [1.82, 2.24) is 19.5 Å². The fourth-order valence-electron chi connectivity index (χ4n) is 6.35. The summed E-state index contributed by atoms with van der Waals surface area (Å²) in [4.78, 5) is 23.8. The quantitative estimate of drug-likeness (QED) is 0.145. The minimum absolute atomic E-state index is 0.00315. The molecule has 2 aliphatic heterocycles. The van der Waals surface area contributed by atoms with Gasteiger partial charge in [0.15, 0.2) is 11.9 Å². The van der Waals surface area contributed by atoms with Crippen molar-refractivity contribution in [2.24, 2.45) is 10.9 Å². The standard InChI is InChI=1S/C31H50N6O6Si2/c1-19(2)30(38)40-28-27-25(15-39-44(20(3)4,21(5)6)43-45(42-27,22(7)8)23(9)10)41-31(28,16-32)26-14-13-24-29(34-18-36(11)12)33-17-35-37(24)26/h13-14,17-23,25,27-28H,15H2,1-12H3/t25-,27-,28-,31+/m1/s1/i13D. The first-order valence-electron chi connectivity index (χ1n) is 16.3. The van der Waals surface area contributed by atoms with Crippen molar-refractivity contribution in [3.8, 4) is 6.07 Å². The molecule has 2 aromatic heterocycles. The summed E-state index contributed by atoms with van der Waals surface area (Å²) in [5.41, 5.74) is -1.20. The molecule has 14 heteroatoms. The third-order valence-corrected chi connectivity index (χ3v) is 19.0. The molecule has 4 rings (SSSR count). The maximum Gasteiger partial charge on any atom is 0.335 e. The normalized spacial score (nSPS) is 26.8. The Labute approximate surface area is 271 Å². The highest BCUT2D eigenvalue weighted by molar-refractivity contribution is 6.84. The van der Waals surface area contributed by atoms with Crippen molar-refractivity contribution in [3.05, 3.63) is 24.1 Å². The fraction of sp³-hybridized carbons (Fsp3) is 0.710. The second-order valence-electron chi connectivity index (χ2n) is 13.8. The van der Waals surface area contributed by atoms with Gasteiger partial charge in [0, 0.05) is 14.1 Å². The van der Waals surface area contributed by atoms with Gasteiger partial charge in [-0.3, -0.25) is 4.79 Å². The van der Waals surface area contributed by atoms with Crippen LogP contribution in [0.15, 0.2) is 23.4 Å². The van der Waals surface area contributed by atoms with E-state index in [0.29, 0.717) is 0 Å². The second-order valence-corrected chi connectivity index (χ2v) is 22.6. The van der Waals surface area contributed by atoms with E-state index >= 15 is 0 Å². The Morgan fingerprint density at radius 3 is 2.31 bits per heavy atom. The smallest absolute Gasteiger partial charge is 0.335 e. The minimum Gasteiger partial charge on any atom is -0.455 e. The van der Waals surface area contributed by atoms with Crippen molar-refractivity contribution >= 4 is 40.8 Å². The summed E-state index contributed by atoms with van der Waals surface area (Å²) in [6.45, 7) is 20.5. The average Bonchev–Trinajstić information content (AvgIpc) is 3.46. The summed E-state index contributed by atoms with van der Waals surface area (Å²) in [5.74, 6) is -0.745. The molecule has 248 valence electrons. The number of carbonyl (C=O) groups is 1. The Morgan fingerprint density at radius 1 is 1.16 bits per heavy atom. The average molecular weight is 660 g/mol. The summed E-state index contributed by atoms with van der Waals surface area (Å²) >= 11 is 0. The highest BCUT2D eigenvalue weighted by atomic mass is 28.5. The lowest BCUT2D eigenvalue weighted by molar-refractivity contribution is -0.163. The van der Waals surface area contributed by atoms with Crippen LogP contribution in [0.5, 0.6) is 0 Å². The maximum atomic E-state index is 13.4. The third kappa shape index (κ3) is 6.10. The number of nitriles is 1. The molecule has 12 nitrogen and oxygen atoms in total. The van der Waals surface area contributed by atoms with Crippen molar-refractivity contribution in [2.45, 2.75) is 115 Å². The largest absolute Gasteiger partial charge is 0.455 e. The number of carbonyl (C=O) groups excluding carboxylic acids is 1. The van der Waals surface area contributed by atoms with E-state index in [2.05, 4.69) is 76.5 Å². The van der Waals surface area contributed by atoms with Crippen LogP contribution in [-0.2, 0) is 32.8 Å². The van der Waals surface area contributed by atoms with Crippen LogP contribution in [0.25, 0.3) is 5.52 Å². The number of rotatable bonds is 9. The Bertz CT molecular complexity index is 1480. The maximum absolute atomic E-state index is 13.4. The first-order chi connectivity index (χ1) is 21.5. The minimum atomic E-state index is -3.18. The molecular weight excluding hydrogens is 609 g/mol. The Morgan fingerprint density at radius 2 is 1.78 bits per heavy atom. The third-order valence-electron chi connectivity index (χ3n) is 8.75. The molecule has 0 radical (unpaired) electrons. The van der Waals surface area contributed by atoms with Gasteiger partial charge in [-0.15, -0.1) is 0 Å². The molecule has 2 saturated heterocycles. The van der Waals surface area contributed by atoms with E-state index in [-0.39, 0.29) is 51.8 Å². The predicted molar refractivity (Wildman–Crippen MR) is 176 cm³/mol. The van der Waals surface area contributed by atoms with Crippen molar-refractivity contribution < 1.29 is 28.6 Å². The number of aromatic nitrogens is 3. The molecule has 2 aliphatic rings. The summed E-state index contributed by atoms with van der Waals surface area (Å²) in [6, 6.07) is 3.90. The number of fused-ring (bicyclic) bond motifs is 2. The van der Waals surface area contributed by atoms with E-state index in [1.165, 1.54) is 16.9 Å². The molecule has 45 heavy (non-hydrogen) atoms. The molecule has 0 spiro atoms. The number of esters is 1. The van der Waals surface area contributed by atoms with Crippen molar-refractivity contribution in [1.29, 1.82) is 5.26 Å². The van der Waals surface area contributed by atoms with Gasteiger partial charge in [-0.05, 0) is 34.3 Å². The van der Waals surface area contributed by atoms with E-state index in [4.69, 9.17) is 23.8 Å². The molecule has 2 aromatic rings. The van der Waals surface area contributed by atoms with Crippen molar-refractivity contribution in [2.75, 3.05) is 20.7 Å².